The Morgan fingerprint density at radius 1 is 1.44 bits per heavy atom. The van der Waals surface area contributed by atoms with Gasteiger partial charge in [-0.25, -0.2) is 0 Å². The Hall–Kier alpha value is -1.69. The number of hydrogen-bond donors (Lipinski definition) is 1. The standard InChI is InChI=1S/C10H15N3O3/c14-10(15)6-5-9-16-13-8-4-2-1-3-7-11-12-13/h1-4H,5-9H2,(H,14,15)/b3-1-,4-2-,12-11?. The monoisotopic (exact) mass is 225 g/mol. The summed E-state index contributed by atoms with van der Waals surface area (Å²) >= 11 is 0. The molecule has 88 valence electrons. The summed E-state index contributed by atoms with van der Waals surface area (Å²) < 4.78 is 0. The normalized spacial score (nSPS) is 19.6. The summed E-state index contributed by atoms with van der Waals surface area (Å²) in [5, 5.41) is 17.5. The van der Waals surface area contributed by atoms with E-state index in [0.717, 1.165) is 0 Å². The molecule has 1 heterocycles. The third-order valence-corrected chi connectivity index (χ3v) is 1.77. The van der Waals surface area contributed by atoms with Crippen molar-refractivity contribution >= 4 is 5.97 Å². The van der Waals surface area contributed by atoms with Crippen LogP contribution in [0.25, 0.3) is 0 Å². The summed E-state index contributed by atoms with van der Waals surface area (Å²) in [5.74, 6) is -0.821. The van der Waals surface area contributed by atoms with Crippen molar-refractivity contribution in [3.8, 4) is 0 Å². The van der Waals surface area contributed by atoms with E-state index in [1.54, 1.807) is 0 Å². The van der Waals surface area contributed by atoms with Crippen molar-refractivity contribution in [2.45, 2.75) is 12.8 Å². The number of allylic oxidation sites excluding steroid dienone is 2. The number of carboxylic acid groups (broad SMARTS) is 1. The lowest BCUT2D eigenvalue weighted by Gasteiger charge is -2.14. The van der Waals surface area contributed by atoms with E-state index in [-0.39, 0.29) is 6.42 Å². The molecule has 0 spiro atoms. The predicted octanol–water partition coefficient (Wildman–Crippen LogP) is 1.58. The molecule has 0 aromatic rings. The van der Waals surface area contributed by atoms with E-state index in [1.807, 2.05) is 24.3 Å². The third-order valence-electron chi connectivity index (χ3n) is 1.77. The maximum atomic E-state index is 10.3. The molecular formula is C10H15N3O3. The van der Waals surface area contributed by atoms with Gasteiger partial charge in [-0.1, -0.05) is 24.3 Å². The fraction of sp³-hybridized carbons (Fsp3) is 0.500. The molecule has 6 nitrogen and oxygen atoms in total. The van der Waals surface area contributed by atoms with Crippen LogP contribution in [0.2, 0.25) is 0 Å². The van der Waals surface area contributed by atoms with E-state index in [4.69, 9.17) is 9.94 Å². The second-order valence-electron chi connectivity index (χ2n) is 3.14. The van der Waals surface area contributed by atoms with Crippen LogP contribution in [0.3, 0.4) is 0 Å². The van der Waals surface area contributed by atoms with Crippen LogP contribution in [0.1, 0.15) is 12.8 Å². The Bertz CT molecular complexity index is 300. The molecule has 0 aliphatic carbocycles. The van der Waals surface area contributed by atoms with Crippen LogP contribution in [-0.4, -0.2) is 35.9 Å². The number of rotatable bonds is 5. The summed E-state index contributed by atoms with van der Waals surface area (Å²) in [6.07, 6.45) is 8.12. The van der Waals surface area contributed by atoms with Gasteiger partial charge in [0.1, 0.15) is 0 Å². The Balaban J connectivity index is 2.24. The SMILES string of the molecule is O=C(O)CCCON1C/C=C\C=C/CN=N1. The molecule has 0 atom stereocenters. The number of carbonyl (C=O) groups is 1. The van der Waals surface area contributed by atoms with Crippen molar-refractivity contribution in [3.63, 3.8) is 0 Å². The lowest BCUT2D eigenvalue weighted by Crippen LogP contribution is -2.18. The quantitative estimate of drug-likeness (QED) is 0.721. The zero-order valence-electron chi connectivity index (χ0n) is 8.95. The van der Waals surface area contributed by atoms with Gasteiger partial charge in [0, 0.05) is 6.42 Å². The largest absolute Gasteiger partial charge is 0.481 e. The number of aliphatic carboxylic acids is 1. The van der Waals surface area contributed by atoms with E-state index >= 15 is 0 Å². The Kier molecular flexibility index (Phi) is 5.87. The summed E-state index contributed by atoms with van der Waals surface area (Å²) in [7, 11) is 0. The molecule has 1 N–H and O–H groups in total. The second-order valence-corrected chi connectivity index (χ2v) is 3.14. The highest BCUT2D eigenvalue weighted by Gasteiger charge is 2.02. The predicted molar refractivity (Wildman–Crippen MR) is 57.5 cm³/mol. The van der Waals surface area contributed by atoms with E-state index in [9.17, 15) is 4.79 Å². The third kappa shape index (κ3) is 5.92. The average molecular weight is 225 g/mol. The zero-order valence-corrected chi connectivity index (χ0v) is 8.95. The number of nitrogens with zero attached hydrogens (tertiary/aromatic N) is 3. The summed E-state index contributed by atoms with van der Waals surface area (Å²) in [6.45, 7) is 1.34. The Morgan fingerprint density at radius 2 is 2.25 bits per heavy atom. The fourth-order valence-electron chi connectivity index (χ4n) is 1.03. The molecule has 0 saturated heterocycles. The molecule has 1 aliphatic heterocycles. The molecule has 0 fully saturated rings. The first-order valence-electron chi connectivity index (χ1n) is 5.10. The minimum Gasteiger partial charge on any atom is -0.481 e. The smallest absolute Gasteiger partial charge is 0.303 e. The minimum atomic E-state index is -0.821. The molecule has 0 radical (unpaired) electrons. The topological polar surface area (TPSA) is 74.5 Å². The minimum absolute atomic E-state index is 0.0996. The van der Waals surface area contributed by atoms with Crippen molar-refractivity contribution in [2.75, 3.05) is 19.7 Å². The van der Waals surface area contributed by atoms with Gasteiger partial charge in [0.25, 0.3) is 0 Å². The lowest BCUT2D eigenvalue weighted by atomic mass is 10.3. The first-order valence-corrected chi connectivity index (χ1v) is 5.10. The summed E-state index contributed by atoms with van der Waals surface area (Å²) in [5.41, 5.74) is 0. The number of hydroxylamine groups is 1. The van der Waals surface area contributed by atoms with Crippen LogP contribution in [0.15, 0.2) is 34.6 Å². The molecule has 0 saturated carbocycles. The molecular weight excluding hydrogens is 210 g/mol. The van der Waals surface area contributed by atoms with Gasteiger partial charge in [-0.05, 0) is 11.6 Å². The average Bonchev–Trinajstić information content (AvgIpc) is 2.37. The second kappa shape index (κ2) is 7.58. The highest BCUT2D eigenvalue weighted by atomic mass is 16.7. The molecule has 0 bridgehead atoms. The van der Waals surface area contributed by atoms with Crippen LogP contribution in [0.4, 0.5) is 0 Å². The highest BCUT2D eigenvalue weighted by molar-refractivity contribution is 5.66. The van der Waals surface area contributed by atoms with Crippen molar-refractivity contribution in [1.82, 2.24) is 5.17 Å². The van der Waals surface area contributed by atoms with Crippen molar-refractivity contribution in [2.24, 2.45) is 10.3 Å². The van der Waals surface area contributed by atoms with Crippen LogP contribution < -0.4 is 0 Å². The Labute approximate surface area is 93.8 Å². The van der Waals surface area contributed by atoms with E-state index in [2.05, 4.69) is 10.3 Å². The number of carboxylic acids is 1. The highest BCUT2D eigenvalue weighted by Crippen LogP contribution is 1.99. The molecule has 0 unspecified atom stereocenters. The van der Waals surface area contributed by atoms with Gasteiger partial charge in [0.05, 0.1) is 19.7 Å². The van der Waals surface area contributed by atoms with Gasteiger partial charge >= 0.3 is 5.97 Å². The first-order chi connectivity index (χ1) is 7.79. The Morgan fingerprint density at radius 3 is 3.06 bits per heavy atom. The van der Waals surface area contributed by atoms with Gasteiger partial charge in [0.15, 0.2) is 0 Å². The van der Waals surface area contributed by atoms with Crippen LogP contribution in [-0.2, 0) is 9.63 Å². The molecule has 16 heavy (non-hydrogen) atoms. The first kappa shape index (κ1) is 12.4. The molecule has 1 aliphatic rings. The molecule has 0 amide bonds. The maximum absolute atomic E-state index is 10.3. The fourth-order valence-corrected chi connectivity index (χ4v) is 1.03. The van der Waals surface area contributed by atoms with Crippen LogP contribution in [0.5, 0.6) is 0 Å². The number of hydrogen-bond acceptors (Lipinski definition) is 5. The lowest BCUT2D eigenvalue weighted by molar-refractivity contribution is -0.161. The van der Waals surface area contributed by atoms with Gasteiger partial charge in [0.2, 0.25) is 0 Å². The van der Waals surface area contributed by atoms with E-state index in [0.29, 0.717) is 26.1 Å². The molecule has 0 aromatic carbocycles. The summed E-state index contributed by atoms with van der Waals surface area (Å²) in [4.78, 5) is 15.5. The van der Waals surface area contributed by atoms with Crippen LogP contribution in [0, 0.1) is 0 Å². The summed E-state index contributed by atoms with van der Waals surface area (Å²) in [6, 6.07) is 0. The zero-order chi connectivity index (χ0) is 11.6. The van der Waals surface area contributed by atoms with Gasteiger partial charge < -0.3 is 5.11 Å². The van der Waals surface area contributed by atoms with Gasteiger partial charge in [-0.15, -0.1) is 0 Å². The van der Waals surface area contributed by atoms with Gasteiger partial charge in [-0.2, -0.15) is 10.3 Å². The molecule has 1 rings (SSSR count). The van der Waals surface area contributed by atoms with Crippen LogP contribution >= 0.6 is 0 Å². The van der Waals surface area contributed by atoms with E-state index in [1.165, 1.54) is 5.17 Å². The molecule has 0 aromatic heterocycles. The van der Waals surface area contributed by atoms with Crippen molar-refractivity contribution in [3.05, 3.63) is 24.3 Å². The maximum Gasteiger partial charge on any atom is 0.303 e. The van der Waals surface area contributed by atoms with E-state index < -0.39 is 5.97 Å². The molecule has 6 heteroatoms. The van der Waals surface area contributed by atoms with Crippen molar-refractivity contribution in [1.29, 1.82) is 0 Å². The van der Waals surface area contributed by atoms with Gasteiger partial charge in [-0.3, -0.25) is 9.63 Å². The van der Waals surface area contributed by atoms with Crippen molar-refractivity contribution < 1.29 is 14.7 Å².